The molecule has 38 heavy (non-hydrogen) atoms. The van der Waals surface area contributed by atoms with Crippen molar-refractivity contribution in [2.24, 2.45) is 5.73 Å². The Balaban J connectivity index is 2.24. The van der Waals surface area contributed by atoms with Crippen LogP contribution in [0.25, 0.3) is 10.9 Å². The van der Waals surface area contributed by atoms with E-state index < -0.39 is 66.2 Å². The molecule has 0 spiro atoms. The number of thiol groups is 1. The fraction of sp³-hybridized carbons (Fsp3) is 0.391. The summed E-state index contributed by atoms with van der Waals surface area (Å²) in [5, 5.41) is 34.7. The number of para-hydroxylation sites is 1. The number of fused-ring (bicyclic) bond motifs is 1. The van der Waals surface area contributed by atoms with E-state index in [0.717, 1.165) is 10.9 Å². The molecule has 0 saturated carbocycles. The number of nitrogens with two attached hydrogens (primary N) is 1. The minimum Gasteiger partial charge on any atom is -0.481 e. The quantitative estimate of drug-likeness (QED) is 0.120. The van der Waals surface area contributed by atoms with E-state index in [1.807, 2.05) is 0 Å². The van der Waals surface area contributed by atoms with Gasteiger partial charge in [-0.05, 0) is 18.1 Å². The summed E-state index contributed by atoms with van der Waals surface area (Å²) in [6, 6.07) is 1.53. The van der Waals surface area contributed by atoms with Crippen LogP contribution in [0.15, 0.2) is 30.5 Å². The molecular weight excluding hydrogens is 522 g/mol. The predicted molar refractivity (Wildman–Crippen MR) is 136 cm³/mol. The van der Waals surface area contributed by atoms with Crippen LogP contribution in [-0.4, -0.2) is 85.9 Å². The summed E-state index contributed by atoms with van der Waals surface area (Å²) >= 11 is 4.06. The first-order chi connectivity index (χ1) is 17.9. The molecule has 1 heterocycles. The van der Waals surface area contributed by atoms with Crippen molar-refractivity contribution >= 4 is 59.2 Å². The molecule has 0 radical (unpaired) electrons. The Morgan fingerprint density at radius 1 is 0.868 bits per heavy atom. The van der Waals surface area contributed by atoms with E-state index in [1.165, 1.54) is 0 Å². The normalized spacial score (nSPS) is 14.1. The second kappa shape index (κ2) is 14.0. The number of nitrogens with one attached hydrogen (secondary N) is 4. The number of hydrogen-bond acceptors (Lipinski definition) is 8. The second-order valence-electron chi connectivity index (χ2n) is 8.40. The number of carboxylic acid groups (broad SMARTS) is 3. The van der Waals surface area contributed by atoms with Crippen LogP contribution in [0, 0.1) is 0 Å². The van der Waals surface area contributed by atoms with Gasteiger partial charge in [-0.1, -0.05) is 18.2 Å². The highest BCUT2D eigenvalue weighted by atomic mass is 32.1. The van der Waals surface area contributed by atoms with Gasteiger partial charge >= 0.3 is 17.9 Å². The topological polar surface area (TPSA) is 241 Å². The number of hydrogen-bond donors (Lipinski definition) is 9. The molecule has 9 N–H and O–H groups in total. The molecule has 0 aliphatic rings. The summed E-state index contributed by atoms with van der Waals surface area (Å²) in [5.74, 6) is -6.98. The molecule has 0 aliphatic carbocycles. The highest BCUT2D eigenvalue weighted by Crippen LogP contribution is 2.19. The van der Waals surface area contributed by atoms with Gasteiger partial charge in [0.2, 0.25) is 17.7 Å². The maximum Gasteiger partial charge on any atom is 0.326 e. The minimum absolute atomic E-state index is 0.105. The first-order valence-electron chi connectivity index (χ1n) is 11.4. The molecule has 2 rings (SSSR count). The lowest BCUT2D eigenvalue weighted by Crippen LogP contribution is -2.58. The van der Waals surface area contributed by atoms with Gasteiger partial charge in [-0.25, -0.2) is 4.79 Å². The molecule has 206 valence electrons. The van der Waals surface area contributed by atoms with E-state index in [2.05, 4.69) is 33.6 Å². The van der Waals surface area contributed by atoms with Crippen molar-refractivity contribution in [3.05, 3.63) is 36.0 Å². The SMILES string of the molecule is NC(CCC(=O)O)C(=O)NC(CS)C(=O)NC(Cc1c[nH]c2ccccc12)C(=O)NC(CC(=O)O)C(=O)O. The molecular formula is C23H29N5O9S. The van der Waals surface area contributed by atoms with Gasteiger partial charge < -0.3 is 42.0 Å². The summed E-state index contributed by atoms with van der Waals surface area (Å²) in [6.45, 7) is 0. The Labute approximate surface area is 221 Å². The zero-order chi connectivity index (χ0) is 28.4. The van der Waals surface area contributed by atoms with Crippen molar-refractivity contribution in [2.45, 2.75) is 49.9 Å². The molecule has 3 amide bonds. The number of H-pyrrole nitrogens is 1. The Morgan fingerprint density at radius 3 is 2.08 bits per heavy atom. The van der Waals surface area contributed by atoms with Crippen LogP contribution in [-0.2, 0) is 35.2 Å². The summed E-state index contributed by atoms with van der Waals surface area (Å²) in [5.41, 5.74) is 7.03. The molecule has 1 aromatic carbocycles. The summed E-state index contributed by atoms with van der Waals surface area (Å²) in [6.07, 6.45) is 0.0845. The third-order valence-corrected chi connectivity index (χ3v) is 5.91. The van der Waals surface area contributed by atoms with Crippen LogP contribution >= 0.6 is 12.6 Å². The third kappa shape index (κ3) is 8.77. The average Bonchev–Trinajstić information content (AvgIpc) is 3.27. The predicted octanol–water partition coefficient (Wildman–Crippen LogP) is -1.15. The maximum atomic E-state index is 13.1. The number of amides is 3. The molecule has 15 heteroatoms. The van der Waals surface area contributed by atoms with Gasteiger partial charge in [-0.15, -0.1) is 0 Å². The molecule has 4 atom stereocenters. The van der Waals surface area contributed by atoms with Crippen molar-refractivity contribution in [3.63, 3.8) is 0 Å². The molecule has 0 fully saturated rings. The first-order valence-corrected chi connectivity index (χ1v) is 12.0. The third-order valence-electron chi connectivity index (χ3n) is 5.55. The van der Waals surface area contributed by atoms with E-state index in [1.54, 1.807) is 30.5 Å². The van der Waals surface area contributed by atoms with Crippen molar-refractivity contribution in [3.8, 4) is 0 Å². The lowest BCUT2D eigenvalue weighted by Gasteiger charge is -2.24. The molecule has 0 saturated heterocycles. The van der Waals surface area contributed by atoms with E-state index in [9.17, 15) is 33.9 Å². The smallest absolute Gasteiger partial charge is 0.326 e. The number of carboxylic acids is 3. The number of aromatic nitrogens is 1. The van der Waals surface area contributed by atoms with Crippen molar-refractivity contribution in [1.29, 1.82) is 0 Å². The summed E-state index contributed by atoms with van der Waals surface area (Å²) < 4.78 is 0. The van der Waals surface area contributed by atoms with Crippen molar-refractivity contribution in [2.75, 3.05) is 5.75 Å². The van der Waals surface area contributed by atoms with Crippen LogP contribution in [0.1, 0.15) is 24.8 Å². The van der Waals surface area contributed by atoms with E-state index in [-0.39, 0.29) is 25.0 Å². The maximum absolute atomic E-state index is 13.1. The standard InChI is InChI=1S/C23H29N5O9S/c24-13(5-6-18(29)30)20(33)28-17(10-38)22(35)26-15(21(34)27-16(23(36)37)8-19(31)32)7-11-9-25-14-4-2-1-3-12(11)14/h1-4,9,13,15-17,25,38H,5-8,10,24H2,(H,26,35)(H,27,34)(H,28,33)(H,29,30)(H,31,32)(H,36,37). The van der Waals surface area contributed by atoms with Crippen LogP contribution in [0.4, 0.5) is 0 Å². The number of aliphatic carboxylic acids is 3. The zero-order valence-electron chi connectivity index (χ0n) is 20.0. The van der Waals surface area contributed by atoms with Gasteiger partial charge in [-0.2, -0.15) is 12.6 Å². The number of rotatable bonds is 15. The molecule has 1 aromatic heterocycles. The van der Waals surface area contributed by atoms with Gasteiger partial charge in [0.15, 0.2) is 0 Å². The number of carbonyl (C=O) groups is 6. The molecule has 4 unspecified atom stereocenters. The molecule has 2 aromatic rings. The number of carbonyl (C=O) groups excluding carboxylic acids is 3. The summed E-state index contributed by atoms with van der Waals surface area (Å²) in [4.78, 5) is 74.6. The van der Waals surface area contributed by atoms with Crippen LogP contribution in [0.3, 0.4) is 0 Å². The number of aromatic amines is 1. The van der Waals surface area contributed by atoms with Gasteiger partial charge in [-0.3, -0.25) is 24.0 Å². The van der Waals surface area contributed by atoms with Crippen LogP contribution in [0.2, 0.25) is 0 Å². The van der Waals surface area contributed by atoms with Gasteiger partial charge in [0, 0.05) is 35.7 Å². The largest absolute Gasteiger partial charge is 0.481 e. The van der Waals surface area contributed by atoms with Crippen LogP contribution in [0.5, 0.6) is 0 Å². The Bertz CT molecular complexity index is 1200. The van der Waals surface area contributed by atoms with E-state index in [4.69, 9.17) is 15.9 Å². The zero-order valence-corrected chi connectivity index (χ0v) is 20.9. The van der Waals surface area contributed by atoms with Crippen LogP contribution < -0.4 is 21.7 Å². The highest BCUT2D eigenvalue weighted by molar-refractivity contribution is 7.80. The number of benzene rings is 1. The lowest BCUT2D eigenvalue weighted by atomic mass is 10.0. The summed E-state index contributed by atoms with van der Waals surface area (Å²) in [7, 11) is 0. The second-order valence-corrected chi connectivity index (χ2v) is 8.77. The molecule has 0 aliphatic heterocycles. The van der Waals surface area contributed by atoms with Gasteiger partial charge in [0.1, 0.15) is 18.1 Å². The van der Waals surface area contributed by atoms with E-state index in [0.29, 0.717) is 5.56 Å². The molecule has 14 nitrogen and oxygen atoms in total. The Kier molecular flexibility index (Phi) is 11.1. The average molecular weight is 552 g/mol. The molecule has 0 bridgehead atoms. The van der Waals surface area contributed by atoms with E-state index >= 15 is 0 Å². The van der Waals surface area contributed by atoms with Gasteiger partial charge in [0.05, 0.1) is 12.5 Å². The highest BCUT2D eigenvalue weighted by Gasteiger charge is 2.31. The van der Waals surface area contributed by atoms with Gasteiger partial charge in [0.25, 0.3) is 0 Å². The first kappa shape index (κ1) is 30.1. The minimum atomic E-state index is -1.75. The fourth-order valence-corrected chi connectivity index (χ4v) is 3.79. The lowest BCUT2D eigenvalue weighted by molar-refractivity contribution is -0.147. The van der Waals surface area contributed by atoms with Crippen molar-refractivity contribution in [1.82, 2.24) is 20.9 Å². The fourth-order valence-electron chi connectivity index (χ4n) is 3.53. The van der Waals surface area contributed by atoms with Crippen molar-refractivity contribution < 1.29 is 44.1 Å². The monoisotopic (exact) mass is 551 g/mol. The Morgan fingerprint density at radius 2 is 1.47 bits per heavy atom. The Hall–Kier alpha value is -4.11.